The monoisotopic (exact) mass is 597 g/mol. The zero-order valence-corrected chi connectivity index (χ0v) is 23.8. The van der Waals surface area contributed by atoms with E-state index in [1.54, 1.807) is 24.3 Å². The highest BCUT2D eigenvalue weighted by atomic mass is 19.4. The molecule has 10 nitrogen and oxygen atoms in total. The standard InChI is InChI=1S/C30H34F3N7O3/c1-19-13-39-11-10-22-15-40(16-23(22)14-39)26(41)21-4-6-24(7-5-21)35-28-36-27(37-29(38-28)43-18-30(31,32)33)34-12-20-2-8-25(9-3-20)42-17-19/h2-9,19,22-23H,10-18H2,1H3,(H2,34,35,36,37,38). The summed E-state index contributed by atoms with van der Waals surface area (Å²) in [5, 5.41) is 6.01. The minimum Gasteiger partial charge on any atom is -0.493 e. The highest BCUT2D eigenvalue weighted by Gasteiger charge is 2.39. The van der Waals surface area contributed by atoms with Gasteiger partial charge in [-0.3, -0.25) is 4.79 Å². The Kier molecular flexibility index (Phi) is 8.24. The maximum atomic E-state index is 13.4. The zero-order chi connectivity index (χ0) is 30.0. The number of hydrogen-bond donors (Lipinski definition) is 2. The van der Waals surface area contributed by atoms with Crippen molar-refractivity contribution in [2.45, 2.75) is 26.1 Å². The Morgan fingerprint density at radius 1 is 0.953 bits per heavy atom. The molecule has 228 valence electrons. The van der Waals surface area contributed by atoms with E-state index in [2.05, 4.69) is 37.4 Å². The van der Waals surface area contributed by atoms with Gasteiger partial charge < -0.3 is 29.9 Å². The Hall–Kier alpha value is -4.13. The molecule has 2 saturated heterocycles. The van der Waals surface area contributed by atoms with Crippen molar-refractivity contribution in [1.82, 2.24) is 24.8 Å². The Morgan fingerprint density at radius 2 is 1.70 bits per heavy atom. The van der Waals surface area contributed by atoms with E-state index in [9.17, 15) is 18.0 Å². The summed E-state index contributed by atoms with van der Waals surface area (Å²) >= 11 is 0. The van der Waals surface area contributed by atoms with Gasteiger partial charge in [0.2, 0.25) is 11.9 Å². The van der Waals surface area contributed by atoms with E-state index >= 15 is 0 Å². The van der Waals surface area contributed by atoms with Crippen molar-refractivity contribution in [3.63, 3.8) is 0 Å². The minimum absolute atomic E-state index is 0.00533. The van der Waals surface area contributed by atoms with Crippen LogP contribution in [0.15, 0.2) is 48.5 Å². The smallest absolute Gasteiger partial charge is 0.422 e. The molecule has 4 atom stereocenters. The molecule has 1 amide bonds. The zero-order valence-electron chi connectivity index (χ0n) is 23.8. The van der Waals surface area contributed by atoms with Gasteiger partial charge in [-0.1, -0.05) is 19.1 Å². The summed E-state index contributed by atoms with van der Waals surface area (Å²) in [6.45, 7) is 5.98. The van der Waals surface area contributed by atoms with Gasteiger partial charge in [0.25, 0.3) is 5.91 Å². The summed E-state index contributed by atoms with van der Waals surface area (Å²) in [7, 11) is 0. The van der Waals surface area contributed by atoms with E-state index < -0.39 is 18.8 Å². The molecule has 9 rings (SSSR count). The van der Waals surface area contributed by atoms with Crippen molar-refractivity contribution in [2.24, 2.45) is 17.8 Å². The number of anilines is 3. The third-order valence-corrected chi connectivity index (χ3v) is 8.02. The first-order chi connectivity index (χ1) is 20.7. The molecule has 7 heterocycles. The number of hydrogen-bond acceptors (Lipinski definition) is 9. The Bertz CT molecular complexity index is 1420. The van der Waals surface area contributed by atoms with Crippen LogP contribution in [0.4, 0.5) is 30.8 Å². The van der Waals surface area contributed by atoms with Crippen molar-refractivity contribution in [1.29, 1.82) is 0 Å². The maximum Gasteiger partial charge on any atom is 0.422 e. The molecule has 0 saturated carbocycles. The number of ether oxygens (including phenoxy) is 2. The molecule has 13 heteroatoms. The Labute approximate surface area is 247 Å². The number of amides is 1. The number of nitrogens with one attached hydrogen (secondary N) is 2. The predicted octanol–water partition coefficient (Wildman–Crippen LogP) is 4.59. The van der Waals surface area contributed by atoms with Gasteiger partial charge in [0.15, 0.2) is 6.61 Å². The largest absolute Gasteiger partial charge is 0.493 e. The van der Waals surface area contributed by atoms with Gasteiger partial charge >= 0.3 is 12.2 Å². The number of aromatic nitrogens is 3. The number of piperidine rings is 1. The first kappa shape index (κ1) is 29.0. The van der Waals surface area contributed by atoms with Crippen molar-refractivity contribution >= 4 is 23.5 Å². The van der Waals surface area contributed by atoms with Crippen molar-refractivity contribution in [2.75, 3.05) is 56.6 Å². The molecule has 1 aromatic heterocycles. The van der Waals surface area contributed by atoms with E-state index in [-0.39, 0.29) is 17.8 Å². The summed E-state index contributed by atoms with van der Waals surface area (Å²) in [6, 6.07) is 14.0. The lowest BCUT2D eigenvalue weighted by Gasteiger charge is -2.35. The lowest BCUT2D eigenvalue weighted by molar-refractivity contribution is -0.154. The van der Waals surface area contributed by atoms with E-state index in [1.165, 1.54) is 0 Å². The van der Waals surface area contributed by atoms with Crippen LogP contribution >= 0.6 is 0 Å². The van der Waals surface area contributed by atoms with Gasteiger partial charge in [-0.2, -0.15) is 28.1 Å². The number of alkyl halides is 3. The normalized spacial score (nSPS) is 24.2. The van der Waals surface area contributed by atoms with Crippen LogP contribution in [-0.4, -0.2) is 82.8 Å². The molecule has 2 fully saturated rings. The van der Waals surface area contributed by atoms with Gasteiger partial charge in [0.1, 0.15) is 5.75 Å². The van der Waals surface area contributed by atoms with Crippen LogP contribution < -0.4 is 20.1 Å². The van der Waals surface area contributed by atoms with Crippen molar-refractivity contribution in [3.05, 3.63) is 59.7 Å². The van der Waals surface area contributed by atoms with E-state index in [0.717, 1.165) is 50.5 Å². The van der Waals surface area contributed by atoms with Crippen LogP contribution in [0.5, 0.6) is 11.8 Å². The molecular weight excluding hydrogens is 563 g/mol. The van der Waals surface area contributed by atoms with Crippen molar-refractivity contribution in [3.8, 4) is 11.8 Å². The highest BCUT2D eigenvalue weighted by Crippen LogP contribution is 2.32. The molecule has 0 radical (unpaired) electrons. The summed E-state index contributed by atoms with van der Waals surface area (Å²) < 4.78 is 49.3. The van der Waals surface area contributed by atoms with Gasteiger partial charge in [0, 0.05) is 49.9 Å². The minimum atomic E-state index is -4.55. The lowest BCUT2D eigenvalue weighted by Crippen LogP contribution is -2.42. The third kappa shape index (κ3) is 7.45. The van der Waals surface area contributed by atoms with Crippen LogP contribution in [0.25, 0.3) is 0 Å². The molecule has 9 bridgehead atoms. The molecule has 0 spiro atoms. The van der Waals surface area contributed by atoms with Gasteiger partial charge in [-0.15, -0.1) is 0 Å². The summed E-state index contributed by atoms with van der Waals surface area (Å²) in [4.78, 5) is 30.1. The fraction of sp³-hybridized carbons (Fsp3) is 0.467. The molecule has 6 aliphatic heterocycles. The average molecular weight is 598 g/mol. The van der Waals surface area contributed by atoms with Crippen LogP contribution in [-0.2, 0) is 6.54 Å². The number of carbonyl (C=O) groups excluding carboxylic acids is 1. The lowest BCUT2D eigenvalue weighted by atomic mass is 9.88. The van der Waals surface area contributed by atoms with E-state index in [4.69, 9.17) is 9.47 Å². The van der Waals surface area contributed by atoms with Crippen molar-refractivity contribution < 1.29 is 27.4 Å². The molecule has 3 aromatic rings. The topological polar surface area (TPSA) is 105 Å². The molecule has 4 unspecified atom stereocenters. The van der Waals surface area contributed by atoms with E-state index in [0.29, 0.717) is 42.2 Å². The predicted molar refractivity (Wildman–Crippen MR) is 153 cm³/mol. The highest BCUT2D eigenvalue weighted by molar-refractivity contribution is 5.94. The SMILES string of the molecule is CC1COc2ccc(cc2)CNc2nc(nc(OCC(F)(F)F)n2)Nc2ccc(cc2)C(=O)N2CC3CCN(C1)CC3C2. The summed E-state index contributed by atoms with van der Waals surface area (Å²) in [5.41, 5.74) is 2.02. The third-order valence-electron chi connectivity index (χ3n) is 8.02. The first-order valence-corrected chi connectivity index (χ1v) is 14.5. The summed E-state index contributed by atoms with van der Waals surface area (Å²) in [5.74, 6) is 2.07. The van der Waals surface area contributed by atoms with E-state index in [1.807, 2.05) is 29.2 Å². The number of halogens is 3. The molecule has 2 N–H and O–H groups in total. The Balaban J connectivity index is 1.25. The molecule has 0 aliphatic carbocycles. The fourth-order valence-electron chi connectivity index (χ4n) is 5.90. The van der Waals surface area contributed by atoms with Gasteiger partial charge in [-0.25, -0.2) is 0 Å². The average Bonchev–Trinajstić information content (AvgIpc) is 3.41. The van der Waals surface area contributed by atoms with Crippen LogP contribution in [0.1, 0.15) is 29.3 Å². The molecule has 2 aromatic carbocycles. The Morgan fingerprint density at radius 3 is 2.47 bits per heavy atom. The number of carbonyl (C=O) groups is 1. The van der Waals surface area contributed by atoms with Gasteiger partial charge in [-0.05, 0) is 66.8 Å². The second kappa shape index (κ2) is 12.2. The maximum absolute atomic E-state index is 13.4. The summed E-state index contributed by atoms with van der Waals surface area (Å²) in [6.07, 6.45) is -3.48. The number of benzene rings is 2. The molecule has 6 aliphatic rings. The first-order valence-electron chi connectivity index (χ1n) is 14.5. The molecular formula is C30H34F3N7O3. The fourth-order valence-corrected chi connectivity index (χ4v) is 5.90. The van der Waals surface area contributed by atoms with Crippen LogP contribution in [0, 0.1) is 17.8 Å². The molecule has 43 heavy (non-hydrogen) atoms. The number of rotatable bonds is 2. The van der Waals surface area contributed by atoms with Crippen LogP contribution in [0.2, 0.25) is 0 Å². The number of nitrogens with zero attached hydrogens (tertiary/aromatic N) is 5. The quantitative estimate of drug-likeness (QED) is 0.439. The van der Waals surface area contributed by atoms with Gasteiger partial charge in [0.05, 0.1) is 6.61 Å². The second-order valence-corrected chi connectivity index (χ2v) is 11.6. The second-order valence-electron chi connectivity index (χ2n) is 11.6. The van der Waals surface area contributed by atoms with Crippen LogP contribution in [0.3, 0.4) is 0 Å².